The third-order valence-corrected chi connectivity index (χ3v) is 6.80. The van der Waals surface area contributed by atoms with Crippen LogP contribution in [0, 0.1) is 5.92 Å². The van der Waals surface area contributed by atoms with Crippen molar-refractivity contribution in [3.8, 4) is 0 Å². The second kappa shape index (κ2) is 7.22. The first-order valence-electron chi connectivity index (χ1n) is 9.46. The summed E-state index contributed by atoms with van der Waals surface area (Å²) in [4.78, 5) is 19.7. The van der Waals surface area contributed by atoms with Crippen molar-refractivity contribution in [2.75, 3.05) is 6.54 Å². The summed E-state index contributed by atoms with van der Waals surface area (Å²) in [6.45, 7) is 0.907. The van der Waals surface area contributed by atoms with Crippen LogP contribution in [0.25, 0.3) is 10.2 Å². The van der Waals surface area contributed by atoms with E-state index in [4.69, 9.17) is 4.98 Å². The molecule has 2 aliphatic rings. The number of likely N-dealkylation sites (tertiary alicyclic amines) is 1. The number of carbonyl (C=O) groups excluding carboxylic acids is 1. The lowest BCUT2D eigenvalue weighted by molar-refractivity contribution is -0.132. The van der Waals surface area contributed by atoms with Gasteiger partial charge in [0, 0.05) is 13.0 Å². The highest BCUT2D eigenvalue weighted by Crippen LogP contribution is 2.37. The second-order valence-electron chi connectivity index (χ2n) is 7.31. The van der Waals surface area contributed by atoms with Gasteiger partial charge in [0.25, 0.3) is 0 Å². The number of para-hydroxylation sites is 1. The first kappa shape index (κ1) is 16.1. The van der Waals surface area contributed by atoms with E-state index < -0.39 is 0 Å². The summed E-state index contributed by atoms with van der Waals surface area (Å²) in [6.07, 6.45) is 10.7. The SMILES string of the molecule is O=C(CCC1CCCCC1)N1CCCC1c1nc2ccccc2s1. The molecule has 0 N–H and O–H groups in total. The highest BCUT2D eigenvalue weighted by molar-refractivity contribution is 7.18. The van der Waals surface area contributed by atoms with Crippen LogP contribution >= 0.6 is 11.3 Å². The average Bonchev–Trinajstić information content (AvgIpc) is 3.26. The number of carbonyl (C=O) groups is 1. The van der Waals surface area contributed by atoms with Crippen LogP contribution in [-0.2, 0) is 4.79 Å². The number of rotatable bonds is 4. The molecule has 4 rings (SSSR count). The zero-order valence-electron chi connectivity index (χ0n) is 14.2. The maximum Gasteiger partial charge on any atom is 0.223 e. The molecule has 0 bridgehead atoms. The summed E-state index contributed by atoms with van der Waals surface area (Å²) in [5.74, 6) is 1.13. The third kappa shape index (κ3) is 3.34. The lowest BCUT2D eigenvalue weighted by Gasteiger charge is -2.25. The Balaban J connectivity index is 1.42. The van der Waals surface area contributed by atoms with Crippen molar-refractivity contribution < 1.29 is 4.79 Å². The van der Waals surface area contributed by atoms with Crippen LogP contribution in [0.1, 0.15) is 68.8 Å². The minimum Gasteiger partial charge on any atom is -0.333 e. The number of hydrogen-bond acceptors (Lipinski definition) is 3. The molecule has 0 spiro atoms. The van der Waals surface area contributed by atoms with Crippen LogP contribution in [0.2, 0.25) is 0 Å². The van der Waals surface area contributed by atoms with Crippen LogP contribution in [-0.4, -0.2) is 22.3 Å². The van der Waals surface area contributed by atoms with Gasteiger partial charge < -0.3 is 4.90 Å². The zero-order chi connectivity index (χ0) is 16.4. The fourth-order valence-corrected chi connectivity index (χ4v) is 5.42. The van der Waals surface area contributed by atoms with Gasteiger partial charge in [-0.25, -0.2) is 4.98 Å². The summed E-state index contributed by atoms with van der Waals surface area (Å²) >= 11 is 1.76. The quantitative estimate of drug-likeness (QED) is 0.753. The first-order valence-corrected chi connectivity index (χ1v) is 10.3. The average molecular weight is 343 g/mol. The Labute approximate surface area is 148 Å². The van der Waals surface area contributed by atoms with Crippen molar-refractivity contribution in [2.24, 2.45) is 5.92 Å². The van der Waals surface area contributed by atoms with Gasteiger partial charge in [0.05, 0.1) is 16.3 Å². The van der Waals surface area contributed by atoms with Gasteiger partial charge in [0.2, 0.25) is 5.91 Å². The summed E-state index contributed by atoms with van der Waals surface area (Å²) in [7, 11) is 0. The number of benzene rings is 1. The molecule has 0 radical (unpaired) electrons. The molecule has 128 valence electrons. The zero-order valence-corrected chi connectivity index (χ0v) is 15.1. The van der Waals surface area contributed by atoms with Crippen molar-refractivity contribution in [1.29, 1.82) is 0 Å². The lowest BCUT2D eigenvalue weighted by atomic mass is 9.86. The van der Waals surface area contributed by atoms with Gasteiger partial charge in [0.1, 0.15) is 5.01 Å². The number of aromatic nitrogens is 1. The molecule has 2 aromatic rings. The monoisotopic (exact) mass is 342 g/mol. The molecular formula is C20H26N2OS. The number of hydrogen-bond donors (Lipinski definition) is 0. The van der Waals surface area contributed by atoms with E-state index in [0.29, 0.717) is 5.91 Å². The van der Waals surface area contributed by atoms with Crippen LogP contribution in [0.4, 0.5) is 0 Å². The van der Waals surface area contributed by atoms with E-state index >= 15 is 0 Å². The molecule has 1 saturated heterocycles. The largest absolute Gasteiger partial charge is 0.333 e. The normalized spacial score (nSPS) is 22.3. The molecule has 1 aliphatic carbocycles. The molecule has 1 saturated carbocycles. The molecule has 1 aliphatic heterocycles. The van der Waals surface area contributed by atoms with Gasteiger partial charge in [-0.15, -0.1) is 11.3 Å². The van der Waals surface area contributed by atoms with Crippen LogP contribution < -0.4 is 0 Å². The Morgan fingerprint density at radius 2 is 1.96 bits per heavy atom. The number of amides is 1. The molecule has 3 nitrogen and oxygen atoms in total. The molecule has 24 heavy (non-hydrogen) atoms. The second-order valence-corrected chi connectivity index (χ2v) is 8.37. The van der Waals surface area contributed by atoms with E-state index in [-0.39, 0.29) is 6.04 Å². The number of thiazole rings is 1. The van der Waals surface area contributed by atoms with Crippen molar-refractivity contribution in [3.63, 3.8) is 0 Å². The van der Waals surface area contributed by atoms with Gasteiger partial charge >= 0.3 is 0 Å². The standard InChI is InChI=1S/C20H26N2OS/c23-19(13-12-15-7-2-1-3-8-15)22-14-6-10-17(22)20-21-16-9-4-5-11-18(16)24-20/h4-5,9,11,15,17H,1-3,6-8,10,12-14H2. The highest BCUT2D eigenvalue weighted by atomic mass is 32.1. The summed E-state index contributed by atoms with van der Waals surface area (Å²) in [6, 6.07) is 8.50. The smallest absolute Gasteiger partial charge is 0.223 e. The third-order valence-electron chi connectivity index (χ3n) is 5.66. The molecule has 1 aromatic heterocycles. The Morgan fingerprint density at radius 1 is 1.12 bits per heavy atom. The molecule has 1 unspecified atom stereocenters. The van der Waals surface area contributed by atoms with Gasteiger partial charge in [-0.05, 0) is 37.3 Å². The van der Waals surface area contributed by atoms with Gasteiger partial charge in [-0.2, -0.15) is 0 Å². The van der Waals surface area contributed by atoms with Crippen molar-refractivity contribution in [3.05, 3.63) is 29.3 Å². The van der Waals surface area contributed by atoms with Crippen molar-refractivity contribution in [2.45, 2.75) is 63.8 Å². The topological polar surface area (TPSA) is 33.2 Å². The minimum absolute atomic E-state index is 0.209. The number of nitrogens with zero attached hydrogens (tertiary/aromatic N) is 2. The maximum atomic E-state index is 12.8. The molecule has 2 heterocycles. The van der Waals surface area contributed by atoms with E-state index in [2.05, 4.69) is 23.1 Å². The fraction of sp³-hybridized carbons (Fsp3) is 0.600. The summed E-state index contributed by atoms with van der Waals surface area (Å²) in [5.41, 5.74) is 1.07. The molecule has 1 amide bonds. The van der Waals surface area contributed by atoms with Crippen LogP contribution in [0.3, 0.4) is 0 Å². The molecule has 4 heteroatoms. The molecule has 1 aromatic carbocycles. The Hall–Kier alpha value is -1.42. The van der Waals surface area contributed by atoms with Crippen LogP contribution in [0.5, 0.6) is 0 Å². The van der Waals surface area contributed by atoms with E-state index in [9.17, 15) is 4.79 Å². The summed E-state index contributed by atoms with van der Waals surface area (Å²) in [5, 5.41) is 1.12. The van der Waals surface area contributed by atoms with E-state index in [1.54, 1.807) is 11.3 Å². The molecule has 1 atom stereocenters. The summed E-state index contributed by atoms with van der Waals surface area (Å²) < 4.78 is 1.23. The lowest BCUT2D eigenvalue weighted by Crippen LogP contribution is -2.30. The highest BCUT2D eigenvalue weighted by Gasteiger charge is 2.32. The number of fused-ring (bicyclic) bond motifs is 1. The van der Waals surface area contributed by atoms with E-state index in [1.807, 2.05) is 6.07 Å². The predicted molar refractivity (Wildman–Crippen MR) is 99.1 cm³/mol. The first-order chi connectivity index (χ1) is 11.8. The fourth-order valence-electron chi connectivity index (χ4n) is 4.30. The predicted octanol–water partition coefficient (Wildman–Crippen LogP) is 5.32. The van der Waals surface area contributed by atoms with Gasteiger partial charge in [-0.3, -0.25) is 4.79 Å². The minimum atomic E-state index is 0.209. The van der Waals surface area contributed by atoms with Crippen LogP contribution in [0.15, 0.2) is 24.3 Å². The Kier molecular flexibility index (Phi) is 4.83. The molecular weight excluding hydrogens is 316 g/mol. The van der Waals surface area contributed by atoms with E-state index in [1.165, 1.54) is 36.8 Å². The Morgan fingerprint density at radius 3 is 2.79 bits per heavy atom. The maximum absolute atomic E-state index is 12.8. The van der Waals surface area contributed by atoms with Crippen molar-refractivity contribution >= 4 is 27.5 Å². The molecule has 2 fully saturated rings. The van der Waals surface area contributed by atoms with Gasteiger partial charge in [0.15, 0.2) is 0 Å². The van der Waals surface area contributed by atoms with Crippen molar-refractivity contribution in [1.82, 2.24) is 9.88 Å². The van der Waals surface area contributed by atoms with E-state index in [0.717, 1.165) is 48.7 Å². The van der Waals surface area contributed by atoms with Gasteiger partial charge in [-0.1, -0.05) is 44.2 Å². The Bertz CT molecular complexity index is 671.